The summed E-state index contributed by atoms with van der Waals surface area (Å²) >= 11 is 0. The molecule has 156 valence electrons. The quantitative estimate of drug-likeness (QED) is 0.660. The molecule has 0 radical (unpaired) electrons. The first-order valence-corrected chi connectivity index (χ1v) is 9.41. The average molecular weight is 394 g/mol. The van der Waals surface area contributed by atoms with E-state index in [1.54, 1.807) is 17.0 Å². The Morgan fingerprint density at radius 2 is 1.86 bits per heavy atom. The summed E-state index contributed by atoms with van der Waals surface area (Å²) in [6, 6.07) is 3.06. The third-order valence-corrected chi connectivity index (χ3v) is 5.31. The Morgan fingerprint density at radius 1 is 1.25 bits per heavy atom. The molecule has 1 aliphatic rings. The number of aliphatic hydroxyl groups excluding tert-OH is 1. The number of nitrogens with zero attached hydrogens (tertiary/aromatic N) is 1. The molecule has 2 amide bonds. The second-order valence-electron chi connectivity index (χ2n) is 6.97. The van der Waals surface area contributed by atoms with Crippen molar-refractivity contribution < 1.29 is 28.9 Å². The number of carbonyl (C=O) groups excluding carboxylic acids is 2. The van der Waals surface area contributed by atoms with Crippen LogP contribution in [-0.4, -0.2) is 57.4 Å². The largest absolute Gasteiger partial charge is 0.493 e. The lowest BCUT2D eigenvalue weighted by Gasteiger charge is -2.24. The highest BCUT2D eigenvalue weighted by Crippen LogP contribution is 2.42. The Bertz CT molecular complexity index is 683. The highest BCUT2D eigenvalue weighted by molar-refractivity contribution is 6.00. The van der Waals surface area contributed by atoms with Gasteiger partial charge in [-0.3, -0.25) is 9.59 Å². The van der Waals surface area contributed by atoms with E-state index in [1.807, 2.05) is 13.8 Å². The summed E-state index contributed by atoms with van der Waals surface area (Å²) < 4.78 is 16.0. The van der Waals surface area contributed by atoms with Gasteiger partial charge in [-0.15, -0.1) is 0 Å². The summed E-state index contributed by atoms with van der Waals surface area (Å²) in [5.41, 5.74) is 0.579. The fraction of sp³-hybridized carbons (Fsp3) is 0.600. The minimum absolute atomic E-state index is 0.112. The smallest absolute Gasteiger partial charge is 0.227 e. The van der Waals surface area contributed by atoms with Crippen molar-refractivity contribution in [3.63, 3.8) is 0 Å². The molecule has 1 aliphatic heterocycles. The number of benzene rings is 1. The SMILES string of the molecule is CCC(C)C(CO)NC(=O)C1CC(=O)N(c2cc(OC)c(OC)c(OC)c2)C1. The molecular formula is C20H30N2O6. The first-order chi connectivity index (χ1) is 13.4. The van der Waals surface area contributed by atoms with E-state index in [4.69, 9.17) is 14.2 Å². The van der Waals surface area contributed by atoms with Crippen molar-refractivity contribution in [1.29, 1.82) is 0 Å². The summed E-state index contributed by atoms with van der Waals surface area (Å²) in [6.07, 6.45) is 0.952. The zero-order valence-corrected chi connectivity index (χ0v) is 17.2. The van der Waals surface area contributed by atoms with Gasteiger partial charge in [-0.25, -0.2) is 0 Å². The van der Waals surface area contributed by atoms with E-state index in [2.05, 4.69) is 5.32 Å². The van der Waals surface area contributed by atoms with Gasteiger partial charge in [-0.05, 0) is 5.92 Å². The van der Waals surface area contributed by atoms with Crippen LogP contribution in [0.15, 0.2) is 12.1 Å². The molecule has 0 aliphatic carbocycles. The third kappa shape index (κ3) is 4.49. The van der Waals surface area contributed by atoms with Gasteiger partial charge in [0.1, 0.15) is 0 Å². The number of amides is 2. The van der Waals surface area contributed by atoms with Gasteiger partial charge < -0.3 is 29.5 Å². The van der Waals surface area contributed by atoms with Gasteiger partial charge in [0.05, 0.1) is 45.6 Å². The maximum atomic E-state index is 12.6. The van der Waals surface area contributed by atoms with Crippen LogP contribution in [0.5, 0.6) is 17.2 Å². The Labute approximate surface area is 165 Å². The fourth-order valence-corrected chi connectivity index (χ4v) is 3.31. The van der Waals surface area contributed by atoms with Crippen molar-refractivity contribution in [3.05, 3.63) is 12.1 Å². The number of hydrogen-bond acceptors (Lipinski definition) is 6. The van der Waals surface area contributed by atoms with Crippen LogP contribution in [0.3, 0.4) is 0 Å². The lowest BCUT2D eigenvalue weighted by atomic mass is 9.98. The Balaban J connectivity index is 2.19. The van der Waals surface area contributed by atoms with Crippen molar-refractivity contribution in [1.82, 2.24) is 5.32 Å². The monoisotopic (exact) mass is 394 g/mol. The molecule has 2 N–H and O–H groups in total. The van der Waals surface area contributed by atoms with E-state index < -0.39 is 5.92 Å². The standard InChI is InChI=1S/C20H30N2O6/c1-6-12(2)15(11-23)21-20(25)13-7-18(24)22(10-13)14-8-16(26-3)19(28-5)17(9-14)27-4/h8-9,12-13,15,23H,6-7,10-11H2,1-5H3,(H,21,25). The summed E-state index contributed by atoms with van der Waals surface area (Å²) in [4.78, 5) is 26.8. The first-order valence-electron chi connectivity index (χ1n) is 9.41. The van der Waals surface area contributed by atoms with E-state index in [0.29, 0.717) is 22.9 Å². The predicted molar refractivity (Wildman–Crippen MR) is 105 cm³/mol. The molecule has 1 heterocycles. The van der Waals surface area contributed by atoms with Crippen LogP contribution < -0.4 is 24.4 Å². The Hall–Kier alpha value is -2.48. The fourth-order valence-electron chi connectivity index (χ4n) is 3.31. The van der Waals surface area contributed by atoms with Crippen LogP contribution in [0.25, 0.3) is 0 Å². The zero-order valence-electron chi connectivity index (χ0n) is 17.2. The Kier molecular flexibility index (Phi) is 7.51. The molecule has 3 unspecified atom stereocenters. The highest BCUT2D eigenvalue weighted by atomic mass is 16.5. The molecule has 0 spiro atoms. The van der Waals surface area contributed by atoms with Crippen LogP contribution in [0.1, 0.15) is 26.7 Å². The number of anilines is 1. The summed E-state index contributed by atoms with van der Waals surface area (Å²) in [5.74, 6) is 0.612. The number of nitrogens with one attached hydrogen (secondary N) is 1. The van der Waals surface area contributed by atoms with Crippen LogP contribution in [0, 0.1) is 11.8 Å². The van der Waals surface area contributed by atoms with Gasteiger partial charge in [0.15, 0.2) is 11.5 Å². The van der Waals surface area contributed by atoms with Crippen LogP contribution in [0.2, 0.25) is 0 Å². The molecular weight excluding hydrogens is 364 g/mol. The number of hydrogen-bond donors (Lipinski definition) is 2. The topological polar surface area (TPSA) is 97.3 Å². The van der Waals surface area contributed by atoms with Crippen molar-refractivity contribution in [2.24, 2.45) is 11.8 Å². The van der Waals surface area contributed by atoms with Crippen molar-refractivity contribution >= 4 is 17.5 Å². The van der Waals surface area contributed by atoms with E-state index >= 15 is 0 Å². The lowest BCUT2D eigenvalue weighted by Crippen LogP contribution is -2.45. The van der Waals surface area contributed by atoms with E-state index in [0.717, 1.165) is 6.42 Å². The molecule has 2 rings (SSSR count). The van der Waals surface area contributed by atoms with Gasteiger partial charge in [-0.2, -0.15) is 0 Å². The van der Waals surface area contributed by atoms with Crippen molar-refractivity contribution in [2.75, 3.05) is 39.4 Å². The molecule has 0 bridgehead atoms. The first kappa shape index (κ1) is 21.8. The molecule has 0 aromatic heterocycles. The van der Waals surface area contributed by atoms with Gasteiger partial charge in [0, 0.05) is 25.1 Å². The average Bonchev–Trinajstić information content (AvgIpc) is 3.11. The Morgan fingerprint density at radius 3 is 2.32 bits per heavy atom. The third-order valence-electron chi connectivity index (χ3n) is 5.31. The molecule has 28 heavy (non-hydrogen) atoms. The minimum Gasteiger partial charge on any atom is -0.493 e. The minimum atomic E-state index is -0.482. The van der Waals surface area contributed by atoms with Crippen molar-refractivity contribution in [3.8, 4) is 17.2 Å². The molecule has 1 aromatic rings. The van der Waals surface area contributed by atoms with Gasteiger partial charge in [0.2, 0.25) is 17.6 Å². The number of methoxy groups -OCH3 is 3. The number of rotatable bonds is 9. The van der Waals surface area contributed by atoms with Crippen LogP contribution in [0.4, 0.5) is 5.69 Å². The maximum Gasteiger partial charge on any atom is 0.227 e. The van der Waals surface area contributed by atoms with Gasteiger partial charge in [-0.1, -0.05) is 20.3 Å². The number of ether oxygens (including phenoxy) is 3. The second-order valence-corrected chi connectivity index (χ2v) is 6.97. The molecule has 8 nitrogen and oxygen atoms in total. The molecule has 1 fully saturated rings. The van der Waals surface area contributed by atoms with Gasteiger partial charge in [0.25, 0.3) is 0 Å². The van der Waals surface area contributed by atoms with E-state index in [-0.39, 0.29) is 43.3 Å². The summed E-state index contributed by atoms with van der Waals surface area (Å²) in [6.45, 7) is 4.11. The van der Waals surface area contributed by atoms with E-state index in [1.165, 1.54) is 21.3 Å². The normalized spacial score (nSPS) is 18.6. The molecule has 3 atom stereocenters. The van der Waals surface area contributed by atoms with E-state index in [9.17, 15) is 14.7 Å². The van der Waals surface area contributed by atoms with Crippen LogP contribution >= 0.6 is 0 Å². The highest BCUT2D eigenvalue weighted by Gasteiger charge is 2.37. The second kappa shape index (κ2) is 9.64. The van der Waals surface area contributed by atoms with Crippen LogP contribution in [-0.2, 0) is 9.59 Å². The van der Waals surface area contributed by atoms with Crippen molar-refractivity contribution in [2.45, 2.75) is 32.7 Å². The summed E-state index contributed by atoms with van der Waals surface area (Å²) in [7, 11) is 4.52. The predicted octanol–water partition coefficient (Wildman–Crippen LogP) is 1.59. The van der Waals surface area contributed by atoms with Gasteiger partial charge >= 0.3 is 0 Å². The molecule has 0 saturated carbocycles. The summed E-state index contributed by atoms with van der Waals surface area (Å²) in [5, 5.41) is 12.4. The number of aliphatic hydroxyl groups is 1. The molecule has 1 aromatic carbocycles. The lowest BCUT2D eigenvalue weighted by molar-refractivity contribution is -0.127. The zero-order chi connectivity index (χ0) is 20.8. The molecule has 1 saturated heterocycles. The maximum absolute atomic E-state index is 12.6. The molecule has 8 heteroatoms. The number of carbonyl (C=O) groups is 2.